The summed E-state index contributed by atoms with van der Waals surface area (Å²) in [4.78, 5) is 31.4. The molecule has 1 amide bonds. The van der Waals surface area contributed by atoms with Crippen LogP contribution in [0.5, 0.6) is 11.5 Å². The summed E-state index contributed by atoms with van der Waals surface area (Å²) in [5.41, 5.74) is 1.17. The summed E-state index contributed by atoms with van der Waals surface area (Å²) in [5, 5.41) is 19.2. The number of pyridine rings is 1. The molecule has 0 saturated carbocycles. The van der Waals surface area contributed by atoms with E-state index in [-0.39, 0.29) is 25.5 Å². The molecule has 150 valence electrons. The van der Waals surface area contributed by atoms with Gasteiger partial charge >= 0.3 is 5.97 Å². The van der Waals surface area contributed by atoms with Crippen molar-refractivity contribution >= 4 is 28.6 Å². The second kappa shape index (κ2) is 7.83. The van der Waals surface area contributed by atoms with E-state index in [1.807, 2.05) is 17.0 Å². The molecule has 1 aromatic heterocycles. The molecule has 2 aromatic rings. The van der Waals surface area contributed by atoms with Crippen LogP contribution in [0, 0.1) is 11.3 Å². The minimum absolute atomic E-state index is 0.000183. The average Bonchev–Trinajstić information content (AvgIpc) is 3.02. The predicted molar refractivity (Wildman–Crippen MR) is 103 cm³/mol. The van der Waals surface area contributed by atoms with E-state index in [1.54, 1.807) is 11.0 Å². The molecule has 29 heavy (non-hydrogen) atoms. The van der Waals surface area contributed by atoms with Crippen LogP contribution in [0.1, 0.15) is 24.8 Å². The standard InChI is InChI=1S/C20H20N4O5/c21-11-14-8-13-9-16-17(29-12-28-16)10-15(13)22-20(14)24-5-1-4-23(6-7-24)18(25)2-3-19(26)27/h8-10H,1-7,12H2,(H,26,27). The maximum atomic E-state index is 12.3. The number of hydrogen-bond acceptors (Lipinski definition) is 7. The lowest BCUT2D eigenvalue weighted by Gasteiger charge is -2.24. The highest BCUT2D eigenvalue weighted by atomic mass is 16.7. The number of carbonyl (C=O) groups excluding carboxylic acids is 1. The van der Waals surface area contributed by atoms with E-state index >= 15 is 0 Å². The van der Waals surface area contributed by atoms with Crippen molar-refractivity contribution in [1.82, 2.24) is 9.88 Å². The normalized spacial score (nSPS) is 15.8. The first kappa shape index (κ1) is 18.8. The van der Waals surface area contributed by atoms with Crippen molar-refractivity contribution in [3.8, 4) is 17.6 Å². The molecule has 4 rings (SSSR count). The van der Waals surface area contributed by atoms with Gasteiger partial charge in [-0.25, -0.2) is 4.98 Å². The monoisotopic (exact) mass is 396 g/mol. The number of aliphatic carboxylic acids is 1. The van der Waals surface area contributed by atoms with Gasteiger partial charge in [-0.1, -0.05) is 0 Å². The SMILES string of the molecule is N#Cc1cc2cc3c(cc2nc1N1CCCN(C(=O)CCC(=O)O)CC1)OCO3. The molecule has 2 aliphatic rings. The number of hydrogen-bond donors (Lipinski definition) is 1. The number of anilines is 1. The van der Waals surface area contributed by atoms with Gasteiger partial charge in [-0.05, 0) is 18.6 Å². The van der Waals surface area contributed by atoms with E-state index in [9.17, 15) is 14.9 Å². The van der Waals surface area contributed by atoms with Crippen molar-refractivity contribution in [1.29, 1.82) is 5.26 Å². The second-order valence-electron chi connectivity index (χ2n) is 6.98. The van der Waals surface area contributed by atoms with E-state index < -0.39 is 5.97 Å². The quantitative estimate of drug-likeness (QED) is 0.831. The Bertz CT molecular complexity index is 1020. The number of amides is 1. The second-order valence-corrected chi connectivity index (χ2v) is 6.98. The molecule has 3 heterocycles. The van der Waals surface area contributed by atoms with Gasteiger partial charge in [-0.15, -0.1) is 0 Å². The Hall–Kier alpha value is -3.54. The van der Waals surface area contributed by atoms with Gasteiger partial charge in [0.2, 0.25) is 12.7 Å². The van der Waals surface area contributed by atoms with Crippen molar-refractivity contribution in [3.05, 3.63) is 23.8 Å². The fourth-order valence-corrected chi connectivity index (χ4v) is 3.63. The van der Waals surface area contributed by atoms with E-state index in [0.717, 1.165) is 5.39 Å². The minimum atomic E-state index is -0.977. The number of carboxylic acid groups (broad SMARTS) is 1. The molecule has 0 bridgehead atoms. The van der Waals surface area contributed by atoms with Crippen LogP contribution in [0.3, 0.4) is 0 Å². The van der Waals surface area contributed by atoms with Gasteiger partial charge in [0.1, 0.15) is 11.9 Å². The number of aromatic nitrogens is 1. The first-order valence-electron chi connectivity index (χ1n) is 9.44. The molecule has 1 saturated heterocycles. The summed E-state index contributed by atoms with van der Waals surface area (Å²) in [6.07, 6.45) is 0.546. The first-order chi connectivity index (χ1) is 14.0. The van der Waals surface area contributed by atoms with Crippen LogP contribution in [0.25, 0.3) is 10.9 Å². The van der Waals surface area contributed by atoms with E-state index in [0.29, 0.717) is 61.0 Å². The van der Waals surface area contributed by atoms with Gasteiger partial charge in [0, 0.05) is 44.1 Å². The van der Waals surface area contributed by atoms with Crippen molar-refractivity contribution in [2.75, 3.05) is 37.9 Å². The highest BCUT2D eigenvalue weighted by Gasteiger charge is 2.23. The van der Waals surface area contributed by atoms with Crippen LogP contribution in [-0.2, 0) is 9.59 Å². The zero-order chi connectivity index (χ0) is 20.4. The van der Waals surface area contributed by atoms with Gasteiger partial charge in [0.05, 0.1) is 17.5 Å². The first-order valence-corrected chi connectivity index (χ1v) is 9.44. The lowest BCUT2D eigenvalue weighted by molar-refractivity contribution is -0.140. The number of fused-ring (bicyclic) bond motifs is 2. The van der Waals surface area contributed by atoms with Crippen LogP contribution in [0.4, 0.5) is 5.82 Å². The largest absolute Gasteiger partial charge is 0.481 e. The van der Waals surface area contributed by atoms with Crippen LogP contribution in [0.15, 0.2) is 18.2 Å². The summed E-state index contributed by atoms with van der Waals surface area (Å²) >= 11 is 0. The zero-order valence-corrected chi connectivity index (χ0v) is 15.8. The van der Waals surface area contributed by atoms with E-state index in [1.165, 1.54) is 0 Å². The molecule has 9 nitrogen and oxygen atoms in total. The van der Waals surface area contributed by atoms with E-state index in [2.05, 4.69) is 6.07 Å². The Morgan fingerprint density at radius 2 is 1.90 bits per heavy atom. The molecule has 0 unspecified atom stereocenters. The van der Waals surface area contributed by atoms with Crippen molar-refractivity contribution in [2.24, 2.45) is 0 Å². The third-order valence-electron chi connectivity index (χ3n) is 5.11. The molecule has 0 spiro atoms. The third kappa shape index (κ3) is 3.87. The summed E-state index contributed by atoms with van der Waals surface area (Å²) in [6.45, 7) is 2.37. The average molecular weight is 396 g/mol. The minimum Gasteiger partial charge on any atom is -0.481 e. The molecule has 0 atom stereocenters. The Balaban J connectivity index is 1.56. The molecular weight excluding hydrogens is 376 g/mol. The lowest BCUT2D eigenvalue weighted by Crippen LogP contribution is -2.35. The summed E-state index contributed by atoms with van der Waals surface area (Å²) in [7, 11) is 0. The molecule has 0 radical (unpaired) electrons. The molecular formula is C20H20N4O5. The number of nitriles is 1. The van der Waals surface area contributed by atoms with Gasteiger partial charge in [-0.3, -0.25) is 9.59 Å². The highest BCUT2D eigenvalue weighted by molar-refractivity contribution is 5.86. The maximum Gasteiger partial charge on any atom is 0.303 e. The summed E-state index contributed by atoms with van der Waals surface area (Å²) < 4.78 is 10.8. The fourth-order valence-electron chi connectivity index (χ4n) is 3.63. The predicted octanol–water partition coefficient (Wildman–Crippen LogP) is 1.74. The Morgan fingerprint density at radius 1 is 1.10 bits per heavy atom. The number of nitrogens with zero attached hydrogens (tertiary/aromatic N) is 4. The zero-order valence-electron chi connectivity index (χ0n) is 15.8. The molecule has 1 aromatic carbocycles. The van der Waals surface area contributed by atoms with Crippen LogP contribution < -0.4 is 14.4 Å². The van der Waals surface area contributed by atoms with Gasteiger partial charge in [-0.2, -0.15) is 5.26 Å². The third-order valence-corrected chi connectivity index (χ3v) is 5.11. The lowest BCUT2D eigenvalue weighted by atomic mass is 10.1. The van der Waals surface area contributed by atoms with Crippen LogP contribution in [-0.4, -0.2) is 59.8 Å². The molecule has 9 heteroatoms. The summed E-state index contributed by atoms with van der Waals surface area (Å²) in [6, 6.07) is 7.64. The van der Waals surface area contributed by atoms with Gasteiger partial charge in [0.15, 0.2) is 11.5 Å². The maximum absolute atomic E-state index is 12.3. The topological polar surface area (TPSA) is 116 Å². The van der Waals surface area contributed by atoms with Gasteiger partial charge in [0.25, 0.3) is 0 Å². The number of rotatable bonds is 4. The Labute approximate surface area is 167 Å². The fraction of sp³-hybridized carbons (Fsp3) is 0.400. The van der Waals surface area contributed by atoms with Crippen molar-refractivity contribution in [2.45, 2.75) is 19.3 Å². The van der Waals surface area contributed by atoms with Crippen LogP contribution in [0.2, 0.25) is 0 Å². The number of carboxylic acids is 1. The van der Waals surface area contributed by atoms with E-state index in [4.69, 9.17) is 19.6 Å². The smallest absolute Gasteiger partial charge is 0.303 e. The van der Waals surface area contributed by atoms with Crippen molar-refractivity contribution in [3.63, 3.8) is 0 Å². The highest BCUT2D eigenvalue weighted by Crippen LogP contribution is 2.37. The van der Waals surface area contributed by atoms with Crippen molar-refractivity contribution < 1.29 is 24.2 Å². The molecule has 1 N–H and O–H groups in total. The van der Waals surface area contributed by atoms with Gasteiger partial charge < -0.3 is 24.4 Å². The summed E-state index contributed by atoms with van der Waals surface area (Å²) in [5.74, 6) is 0.718. The molecule has 0 aliphatic carbocycles. The van der Waals surface area contributed by atoms with Crippen LogP contribution >= 0.6 is 0 Å². The Morgan fingerprint density at radius 3 is 2.66 bits per heavy atom. The molecule has 2 aliphatic heterocycles. The Kier molecular flexibility index (Phi) is 5.08. The molecule has 1 fully saturated rings. The number of ether oxygens (including phenoxy) is 2. The number of benzene rings is 1. The number of carbonyl (C=O) groups is 2.